The molecule has 0 aromatic rings. The molecular weight excluding hydrogens is 146 g/mol. The fourth-order valence-electron chi connectivity index (χ4n) is 0.163. The first kappa shape index (κ1) is 8.23. The van der Waals surface area contributed by atoms with Crippen LogP contribution in [0, 0.1) is 0 Å². The van der Waals surface area contributed by atoms with Gasteiger partial charge in [0.05, 0.1) is 14.2 Å². The lowest BCUT2D eigenvalue weighted by molar-refractivity contribution is 0.182. The molecule has 9 heavy (non-hydrogen) atoms. The van der Waals surface area contributed by atoms with Crippen molar-refractivity contribution in [2.45, 2.75) is 0 Å². The fraction of sp³-hybridized carbons (Fsp3) is 0.500. The van der Waals surface area contributed by atoms with Gasteiger partial charge in [0.1, 0.15) is 0 Å². The van der Waals surface area contributed by atoms with Gasteiger partial charge in [-0.3, -0.25) is 0 Å². The number of nitrogens with zero attached hydrogens (tertiary/aromatic N) is 1. The van der Waals surface area contributed by atoms with E-state index >= 15 is 0 Å². The number of rotatable bonds is 0. The van der Waals surface area contributed by atoms with Crippen LogP contribution < -0.4 is 0 Å². The largest absolute Gasteiger partial charge is 0.472 e. The Labute approximate surface area is 57.4 Å². The summed E-state index contributed by atoms with van der Waals surface area (Å²) in [7, 11) is 2.50. The van der Waals surface area contributed by atoms with Gasteiger partial charge >= 0.3 is 6.09 Å². The first-order valence-electron chi connectivity index (χ1n) is 2.07. The van der Waals surface area contributed by atoms with Crippen LogP contribution in [0.5, 0.6) is 0 Å². The molecule has 0 N–H and O–H groups in total. The molecule has 0 atom stereocenters. The smallest absolute Gasteiger partial charge is 0.437 e. The van der Waals surface area contributed by atoms with Gasteiger partial charge in [-0.1, -0.05) is 0 Å². The first-order chi connectivity index (χ1) is 4.20. The molecule has 0 aliphatic heterocycles. The molecule has 0 rings (SSSR count). The average molecular weight is 152 g/mol. The maximum atomic E-state index is 10.2. The third-order valence-corrected chi connectivity index (χ3v) is 0.761. The second-order valence-electron chi connectivity index (χ2n) is 1.04. The normalized spacial score (nSPS) is 10.8. The molecule has 0 aromatic carbocycles. The minimum atomic E-state index is -0.776. The van der Waals surface area contributed by atoms with Gasteiger partial charge in [-0.15, -0.1) is 4.99 Å². The number of hydrogen-bond acceptors (Lipinski definition) is 3. The molecule has 1 amide bonds. The zero-order valence-electron chi connectivity index (χ0n) is 5.05. The van der Waals surface area contributed by atoms with Crippen molar-refractivity contribution in [1.29, 1.82) is 0 Å². The molecule has 4 nitrogen and oxygen atoms in total. The number of amides is 1. The molecular formula is C4H6ClNO3. The van der Waals surface area contributed by atoms with Crippen molar-refractivity contribution >= 4 is 23.1 Å². The summed E-state index contributed by atoms with van der Waals surface area (Å²) in [6, 6.07) is 0. The highest BCUT2D eigenvalue weighted by atomic mass is 35.5. The third-order valence-electron chi connectivity index (χ3n) is 0.522. The van der Waals surface area contributed by atoms with E-state index in [0.717, 1.165) is 0 Å². The SMILES string of the molecule is COC(=O)/N=C(\Cl)OC. The highest BCUT2D eigenvalue weighted by Gasteiger charge is 1.97. The quantitative estimate of drug-likeness (QED) is 0.383. The van der Waals surface area contributed by atoms with Crippen molar-refractivity contribution in [2.24, 2.45) is 4.99 Å². The Morgan fingerprint density at radius 3 is 2.33 bits per heavy atom. The van der Waals surface area contributed by atoms with Gasteiger partial charge in [0.25, 0.3) is 5.36 Å². The van der Waals surface area contributed by atoms with Crippen molar-refractivity contribution in [3.05, 3.63) is 0 Å². The number of methoxy groups -OCH3 is 2. The average Bonchev–Trinajstić information content (AvgIpc) is 1.87. The lowest BCUT2D eigenvalue weighted by Crippen LogP contribution is -1.98. The maximum Gasteiger partial charge on any atom is 0.437 e. The Balaban J connectivity index is 3.79. The minimum Gasteiger partial charge on any atom is -0.472 e. The zero-order chi connectivity index (χ0) is 7.28. The molecule has 0 bridgehead atoms. The van der Waals surface area contributed by atoms with Crippen LogP contribution in [-0.4, -0.2) is 25.7 Å². The van der Waals surface area contributed by atoms with E-state index in [0.29, 0.717) is 0 Å². The van der Waals surface area contributed by atoms with Crippen LogP contribution in [0.2, 0.25) is 0 Å². The van der Waals surface area contributed by atoms with E-state index in [1.54, 1.807) is 0 Å². The lowest BCUT2D eigenvalue weighted by atomic mass is 11.1. The molecule has 5 heteroatoms. The van der Waals surface area contributed by atoms with Gasteiger partial charge < -0.3 is 9.47 Å². The van der Waals surface area contributed by atoms with Crippen molar-refractivity contribution < 1.29 is 14.3 Å². The van der Waals surface area contributed by atoms with E-state index in [1.165, 1.54) is 14.2 Å². The summed E-state index contributed by atoms with van der Waals surface area (Å²) in [5.74, 6) is 0. The monoisotopic (exact) mass is 151 g/mol. The number of carbonyl (C=O) groups excluding carboxylic acids is 1. The van der Waals surface area contributed by atoms with Crippen LogP contribution >= 0.6 is 11.6 Å². The number of carbonyl (C=O) groups is 1. The van der Waals surface area contributed by atoms with Crippen molar-refractivity contribution in [1.82, 2.24) is 0 Å². The highest BCUT2D eigenvalue weighted by molar-refractivity contribution is 6.63. The van der Waals surface area contributed by atoms with Gasteiger partial charge in [-0.25, -0.2) is 4.79 Å². The summed E-state index contributed by atoms with van der Waals surface area (Å²) < 4.78 is 8.47. The summed E-state index contributed by atoms with van der Waals surface area (Å²) in [5, 5.41) is -0.234. The van der Waals surface area contributed by atoms with Crippen LogP contribution in [0.25, 0.3) is 0 Å². The van der Waals surface area contributed by atoms with Crippen LogP contribution in [-0.2, 0) is 9.47 Å². The summed E-state index contributed by atoms with van der Waals surface area (Å²) in [4.78, 5) is 13.3. The molecule has 0 saturated carbocycles. The molecule has 0 spiro atoms. The Bertz CT molecular complexity index is 134. The molecule has 0 saturated heterocycles. The van der Waals surface area contributed by atoms with Gasteiger partial charge in [-0.2, -0.15) is 0 Å². The van der Waals surface area contributed by atoms with E-state index in [9.17, 15) is 4.79 Å². The van der Waals surface area contributed by atoms with Crippen LogP contribution in [0.15, 0.2) is 4.99 Å². The van der Waals surface area contributed by atoms with Crippen molar-refractivity contribution in [3.8, 4) is 0 Å². The van der Waals surface area contributed by atoms with Gasteiger partial charge in [0.15, 0.2) is 0 Å². The molecule has 0 aliphatic rings. The van der Waals surface area contributed by atoms with Crippen molar-refractivity contribution in [3.63, 3.8) is 0 Å². The standard InChI is InChI=1S/C4H6ClNO3/c1-8-3(5)6-4(7)9-2/h1-2H3/b6-3+. The summed E-state index contributed by atoms with van der Waals surface area (Å²) in [6.07, 6.45) is -0.776. The predicted octanol–water partition coefficient (Wildman–Crippen LogP) is 0.994. The topological polar surface area (TPSA) is 47.9 Å². The Morgan fingerprint density at radius 1 is 1.44 bits per heavy atom. The van der Waals surface area contributed by atoms with Gasteiger partial charge in [0, 0.05) is 0 Å². The molecule has 0 unspecified atom stereocenters. The number of aliphatic imine (C=N–C) groups is 1. The molecule has 0 aliphatic carbocycles. The van der Waals surface area contributed by atoms with Gasteiger partial charge in [-0.05, 0) is 11.6 Å². The van der Waals surface area contributed by atoms with E-state index < -0.39 is 6.09 Å². The summed E-state index contributed by atoms with van der Waals surface area (Å²) in [6.45, 7) is 0. The molecule has 0 radical (unpaired) electrons. The summed E-state index contributed by atoms with van der Waals surface area (Å²) in [5.41, 5.74) is 0. The Hall–Kier alpha value is -0.770. The first-order valence-corrected chi connectivity index (χ1v) is 2.44. The van der Waals surface area contributed by atoms with E-state index in [-0.39, 0.29) is 5.36 Å². The van der Waals surface area contributed by atoms with Gasteiger partial charge in [0.2, 0.25) is 0 Å². The van der Waals surface area contributed by atoms with Crippen LogP contribution in [0.3, 0.4) is 0 Å². The van der Waals surface area contributed by atoms with E-state index in [4.69, 9.17) is 11.6 Å². The number of hydrogen-bond donors (Lipinski definition) is 0. The number of halogens is 1. The fourth-order valence-corrected chi connectivity index (χ4v) is 0.232. The Morgan fingerprint density at radius 2 is 2.00 bits per heavy atom. The lowest BCUT2D eigenvalue weighted by Gasteiger charge is -1.91. The molecule has 0 fully saturated rings. The minimum absolute atomic E-state index is 0.234. The summed E-state index contributed by atoms with van der Waals surface area (Å²) >= 11 is 5.17. The second-order valence-corrected chi connectivity index (χ2v) is 1.36. The predicted molar refractivity (Wildman–Crippen MR) is 32.7 cm³/mol. The number of ether oxygens (including phenoxy) is 2. The van der Waals surface area contributed by atoms with E-state index in [2.05, 4.69) is 14.5 Å². The maximum absolute atomic E-state index is 10.2. The molecule has 0 heterocycles. The second kappa shape index (κ2) is 4.14. The van der Waals surface area contributed by atoms with Crippen molar-refractivity contribution in [2.75, 3.05) is 14.2 Å². The zero-order valence-corrected chi connectivity index (χ0v) is 5.81. The van der Waals surface area contributed by atoms with Crippen LogP contribution in [0.4, 0.5) is 4.79 Å². The van der Waals surface area contributed by atoms with Crippen LogP contribution in [0.1, 0.15) is 0 Å². The Kier molecular flexibility index (Phi) is 3.79. The molecule has 0 aromatic heterocycles. The van der Waals surface area contributed by atoms with E-state index in [1.807, 2.05) is 0 Å². The molecule has 52 valence electrons. The third kappa shape index (κ3) is 3.78. The highest BCUT2D eigenvalue weighted by Crippen LogP contribution is 1.88.